The summed E-state index contributed by atoms with van der Waals surface area (Å²) < 4.78 is 31.3. The van der Waals surface area contributed by atoms with E-state index in [1.807, 2.05) is 0 Å². The molecule has 124 valence electrons. The standard InChI is InChI=1S/C15H30N2O3S/c1-4-15(3)12-14(8-11-20-15)16-13-6-9-17(10-7-13)21(18,19)5-2/h13-14,16H,4-12H2,1-3H3. The van der Waals surface area contributed by atoms with Crippen LogP contribution in [0.1, 0.15) is 52.9 Å². The molecule has 2 fully saturated rings. The van der Waals surface area contributed by atoms with E-state index in [-0.39, 0.29) is 11.4 Å². The molecule has 2 unspecified atom stereocenters. The van der Waals surface area contributed by atoms with E-state index in [4.69, 9.17) is 4.74 Å². The predicted octanol–water partition coefficient (Wildman–Crippen LogP) is 1.74. The van der Waals surface area contributed by atoms with Crippen molar-refractivity contribution in [2.45, 2.75) is 70.6 Å². The first-order valence-electron chi connectivity index (χ1n) is 8.26. The van der Waals surface area contributed by atoms with Crippen LogP contribution in [0.4, 0.5) is 0 Å². The molecular formula is C15H30N2O3S. The predicted molar refractivity (Wildman–Crippen MR) is 84.9 cm³/mol. The smallest absolute Gasteiger partial charge is 0.213 e. The number of rotatable bonds is 5. The van der Waals surface area contributed by atoms with Crippen LogP contribution in [0.5, 0.6) is 0 Å². The highest BCUT2D eigenvalue weighted by Crippen LogP contribution is 2.28. The highest BCUT2D eigenvalue weighted by atomic mass is 32.2. The molecular weight excluding hydrogens is 288 g/mol. The van der Waals surface area contributed by atoms with Gasteiger partial charge in [0.15, 0.2) is 0 Å². The maximum absolute atomic E-state index is 11.9. The summed E-state index contributed by atoms with van der Waals surface area (Å²) in [5.74, 6) is 0.208. The Balaban J connectivity index is 1.81. The average molecular weight is 318 g/mol. The van der Waals surface area contributed by atoms with Crippen molar-refractivity contribution in [2.24, 2.45) is 0 Å². The Labute approximate surface area is 129 Å². The third-order valence-corrected chi connectivity index (χ3v) is 6.91. The fraction of sp³-hybridized carbons (Fsp3) is 1.00. The fourth-order valence-corrected chi connectivity index (χ4v) is 4.47. The van der Waals surface area contributed by atoms with E-state index in [0.717, 1.165) is 38.7 Å². The lowest BCUT2D eigenvalue weighted by molar-refractivity contribution is -0.0795. The lowest BCUT2D eigenvalue weighted by Crippen LogP contribution is -2.52. The van der Waals surface area contributed by atoms with Gasteiger partial charge in [0.25, 0.3) is 0 Å². The number of nitrogens with zero attached hydrogens (tertiary/aromatic N) is 1. The summed E-state index contributed by atoms with van der Waals surface area (Å²) in [4.78, 5) is 0. The maximum atomic E-state index is 11.9. The summed E-state index contributed by atoms with van der Waals surface area (Å²) in [6.07, 6.45) is 4.98. The van der Waals surface area contributed by atoms with E-state index in [1.54, 1.807) is 11.2 Å². The van der Waals surface area contributed by atoms with Crippen LogP contribution in [-0.2, 0) is 14.8 Å². The van der Waals surface area contributed by atoms with Crippen molar-refractivity contribution in [1.29, 1.82) is 0 Å². The molecule has 2 heterocycles. The number of nitrogens with one attached hydrogen (secondary N) is 1. The van der Waals surface area contributed by atoms with Crippen molar-refractivity contribution in [2.75, 3.05) is 25.4 Å². The maximum Gasteiger partial charge on any atom is 0.213 e. The van der Waals surface area contributed by atoms with Gasteiger partial charge in [-0.15, -0.1) is 0 Å². The highest BCUT2D eigenvalue weighted by Gasteiger charge is 2.34. The zero-order valence-corrected chi connectivity index (χ0v) is 14.4. The van der Waals surface area contributed by atoms with Gasteiger partial charge in [-0.1, -0.05) is 6.92 Å². The van der Waals surface area contributed by atoms with Crippen LogP contribution in [0, 0.1) is 0 Å². The van der Waals surface area contributed by atoms with Crippen LogP contribution in [0.2, 0.25) is 0 Å². The molecule has 21 heavy (non-hydrogen) atoms. The third-order valence-electron chi connectivity index (χ3n) is 5.03. The molecule has 2 atom stereocenters. The molecule has 0 radical (unpaired) electrons. The Morgan fingerprint density at radius 3 is 2.43 bits per heavy atom. The van der Waals surface area contributed by atoms with Gasteiger partial charge in [-0.3, -0.25) is 0 Å². The van der Waals surface area contributed by atoms with Crippen LogP contribution < -0.4 is 5.32 Å². The second-order valence-corrected chi connectivity index (χ2v) is 8.84. The normalized spacial score (nSPS) is 33.2. The molecule has 0 aliphatic carbocycles. The van der Waals surface area contributed by atoms with Gasteiger partial charge in [0, 0.05) is 31.8 Å². The van der Waals surface area contributed by atoms with Crippen molar-refractivity contribution in [1.82, 2.24) is 9.62 Å². The molecule has 0 saturated carbocycles. The first-order valence-corrected chi connectivity index (χ1v) is 9.87. The molecule has 5 nitrogen and oxygen atoms in total. The van der Waals surface area contributed by atoms with Crippen LogP contribution in [0.25, 0.3) is 0 Å². The Kier molecular flexibility index (Phi) is 5.68. The second-order valence-electron chi connectivity index (χ2n) is 6.58. The van der Waals surface area contributed by atoms with Crippen LogP contribution in [0.15, 0.2) is 0 Å². The topological polar surface area (TPSA) is 58.6 Å². The molecule has 6 heteroatoms. The monoisotopic (exact) mass is 318 g/mol. The molecule has 0 bridgehead atoms. The lowest BCUT2D eigenvalue weighted by Gasteiger charge is -2.41. The second kappa shape index (κ2) is 6.94. The zero-order chi connectivity index (χ0) is 15.5. The van der Waals surface area contributed by atoms with E-state index in [9.17, 15) is 8.42 Å². The van der Waals surface area contributed by atoms with Crippen molar-refractivity contribution >= 4 is 10.0 Å². The van der Waals surface area contributed by atoms with E-state index in [1.165, 1.54) is 0 Å². The van der Waals surface area contributed by atoms with E-state index in [0.29, 0.717) is 25.2 Å². The summed E-state index contributed by atoms with van der Waals surface area (Å²) in [6, 6.07) is 0.945. The van der Waals surface area contributed by atoms with Crippen molar-refractivity contribution in [3.8, 4) is 0 Å². The fourth-order valence-electron chi connectivity index (χ4n) is 3.33. The van der Waals surface area contributed by atoms with Crippen molar-refractivity contribution < 1.29 is 13.2 Å². The molecule has 2 saturated heterocycles. The SMILES string of the molecule is CCC1(C)CC(NC2CCN(S(=O)(=O)CC)CC2)CCO1. The van der Waals surface area contributed by atoms with Gasteiger partial charge < -0.3 is 10.1 Å². The molecule has 2 aliphatic rings. The average Bonchev–Trinajstić information content (AvgIpc) is 2.48. The van der Waals surface area contributed by atoms with Crippen LogP contribution >= 0.6 is 0 Å². The number of hydrogen-bond acceptors (Lipinski definition) is 4. The number of piperidine rings is 1. The summed E-state index contributed by atoms with van der Waals surface area (Å²) in [5.41, 5.74) is 0.00215. The van der Waals surface area contributed by atoms with Gasteiger partial charge in [-0.25, -0.2) is 12.7 Å². The Hall–Kier alpha value is -0.170. The summed E-state index contributed by atoms with van der Waals surface area (Å²) in [7, 11) is -3.01. The molecule has 0 spiro atoms. The minimum atomic E-state index is -3.01. The summed E-state index contributed by atoms with van der Waals surface area (Å²) in [5, 5.41) is 3.74. The van der Waals surface area contributed by atoms with Crippen molar-refractivity contribution in [3.63, 3.8) is 0 Å². The minimum absolute atomic E-state index is 0.00215. The molecule has 0 aromatic carbocycles. The summed E-state index contributed by atoms with van der Waals surface area (Å²) in [6.45, 7) is 8.22. The molecule has 0 aromatic rings. The highest BCUT2D eigenvalue weighted by molar-refractivity contribution is 7.89. The minimum Gasteiger partial charge on any atom is -0.375 e. The quantitative estimate of drug-likeness (QED) is 0.839. The Morgan fingerprint density at radius 2 is 1.86 bits per heavy atom. The van der Waals surface area contributed by atoms with Gasteiger partial charge in [-0.2, -0.15) is 0 Å². The first-order chi connectivity index (χ1) is 9.88. The number of hydrogen-bond donors (Lipinski definition) is 1. The Morgan fingerprint density at radius 1 is 1.19 bits per heavy atom. The molecule has 0 aromatic heterocycles. The zero-order valence-electron chi connectivity index (χ0n) is 13.6. The lowest BCUT2D eigenvalue weighted by atomic mass is 9.89. The molecule has 0 amide bonds. The number of sulfonamides is 1. The van der Waals surface area contributed by atoms with Crippen LogP contribution in [0.3, 0.4) is 0 Å². The van der Waals surface area contributed by atoms with Crippen molar-refractivity contribution in [3.05, 3.63) is 0 Å². The first kappa shape index (κ1) is 17.2. The molecule has 2 aliphatic heterocycles. The largest absolute Gasteiger partial charge is 0.375 e. The van der Waals surface area contributed by atoms with Gasteiger partial charge in [0.1, 0.15) is 0 Å². The van der Waals surface area contributed by atoms with Gasteiger partial charge in [-0.05, 0) is 46.0 Å². The van der Waals surface area contributed by atoms with Crippen LogP contribution in [-0.4, -0.2) is 55.9 Å². The van der Waals surface area contributed by atoms with E-state index >= 15 is 0 Å². The molecule has 1 N–H and O–H groups in total. The Bertz CT molecular complexity index is 432. The van der Waals surface area contributed by atoms with E-state index in [2.05, 4.69) is 19.2 Å². The van der Waals surface area contributed by atoms with Gasteiger partial charge >= 0.3 is 0 Å². The third kappa shape index (κ3) is 4.41. The number of ether oxygens (including phenoxy) is 1. The summed E-state index contributed by atoms with van der Waals surface area (Å²) >= 11 is 0. The van der Waals surface area contributed by atoms with Gasteiger partial charge in [0.2, 0.25) is 10.0 Å². The van der Waals surface area contributed by atoms with Gasteiger partial charge in [0.05, 0.1) is 11.4 Å². The van der Waals surface area contributed by atoms with E-state index < -0.39 is 10.0 Å². The molecule has 2 rings (SSSR count).